The molecule has 0 aliphatic carbocycles. The molecular formula is C13H16O. The van der Waals surface area contributed by atoms with Gasteiger partial charge in [-0.15, -0.1) is 0 Å². The zero-order valence-corrected chi connectivity index (χ0v) is 8.53. The zero-order chi connectivity index (χ0) is 10.6. The molecule has 1 N–H and O–H groups in total. The highest BCUT2D eigenvalue weighted by molar-refractivity contribution is 5.73. The van der Waals surface area contributed by atoms with Crippen molar-refractivity contribution in [3.63, 3.8) is 0 Å². The second-order valence-corrected chi connectivity index (χ2v) is 3.24. The van der Waals surface area contributed by atoms with E-state index in [4.69, 9.17) is 0 Å². The lowest BCUT2D eigenvalue weighted by atomic mass is 9.96. The smallest absolute Gasteiger partial charge is 0.0793 e. The van der Waals surface area contributed by atoms with Crippen molar-refractivity contribution in [1.82, 2.24) is 0 Å². The summed E-state index contributed by atoms with van der Waals surface area (Å²) >= 11 is 0. The molecule has 1 nitrogen and oxygen atoms in total. The molecule has 0 spiro atoms. The second kappa shape index (κ2) is 4.77. The van der Waals surface area contributed by atoms with Gasteiger partial charge in [0.2, 0.25) is 0 Å². The standard InChI is InChI=1S/C13H16O/c1-4-10(3)11-8-6-7-9-12(11)13(14)5-2/h4,6-9,13-14H,1,3,5H2,2H3. The van der Waals surface area contributed by atoms with Crippen LogP contribution in [0.5, 0.6) is 0 Å². The molecule has 0 aliphatic rings. The third-order valence-corrected chi connectivity index (χ3v) is 2.30. The van der Waals surface area contributed by atoms with Crippen LogP contribution in [0.15, 0.2) is 43.5 Å². The Kier molecular flexibility index (Phi) is 3.66. The Morgan fingerprint density at radius 2 is 2.14 bits per heavy atom. The van der Waals surface area contributed by atoms with Gasteiger partial charge in [0.15, 0.2) is 0 Å². The average Bonchev–Trinajstić information content (AvgIpc) is 2.27. The SMILES string of the molecule is C=CC(=C)c1ccccc1C(O)CC. The predicted octanol–water partition coefficient (Wildman–Crippen LogP) is 3.33. The van der Waals surface area contributed by atoms with Gasteiger partial charge in [-0.3, -0.25) is 0 Å². The molecule has 0 bridgehead atoms. The minimum absolute atomic E-state index is 0.414. The fourth-order valence-corrected chi connectivity index (χ4v) is 1.41. The summed E-state index contributed by atoms with van der Waals surface area (Å²) in [5.74, 6) is 0. The lowest BCUT2D eigenvalue weighted by Crippen LogP contribution is -1.99. The zero-order valence-electron chi connectivity index (χ0n) is 8.53. The molecule has 0 saturated heterocycles. The van der Waals surface area contributed by atoms with Gasteiger partial charge in [0, 0.05) is 0 Å². The van der Waals surface area contributed by atoms with Crippen LogP contribution in [0.3, 0.4) is 0 Å². The van der Waals surface area contributed by atoms with Crippen molar-refractivity contribution in [1.29, 1.82) is 0 Å². The van der Waals surface area contributed by atoms with E-state index in [2.05, 4.69) is 13.2 Å². The first-order valence-electron chi connectivity index (χ1n) is 4.79. The molecule has 0 fully saturated rings. The van der Waals surface area contributed by atoms with E-state index in [0.717, 1.165) is 16.7 Å². The maximum absolute atomic E-state index is 9.78. The number of aliphatic hydroxyl groups excluding tert-OH is 1. The molecule has 0 aromatic heterocycles. The molecule has 1 aromatic rings. The van der Waals surface area contributed by atoms with Crippen LogP contribution in [0.1, 0.15) is 30.6 Å². The summed E-state index contributed by atoms with van der Waals surface area (Å²) in [5.41, 5.74) is 2.77. The molecule has 1 heteroatoms. The number of hydrogen-bond acceptors (Lipinski definition) is 1. The molecule has 14 heavy (non-hydrogen) atoms. The Labute approximate surface area is 85.4 Å². The van der Waals surface area contributed by atoms with Crippen LogP contribution in [-0.4, -0.2) is 5.11 Å². The Morgan fingerprint density at radius 3 is 2.71 bits per heavy atom. The highest BCUT2D eigenvalue weighted by Gasteiger charge is 2.10. The number of benzene rings is 1. The lowest BCUT2D eigenvalue weighted by molar-refractivity contribution is 0.173. The van der Waals surface area contributed by atoms with Crippen molar-refractivity contribution < 1.29 is 5.11 Å². The van der Waals surface area contributed by atoms with E-state index in [0.29, 0.717) is 6.42 Å². The van der Waals surface area contributed by atoms with Crippen LogP contribution in [0.2, 0.25) is 0 Å². The van der Waals surface area contributed by atoms with Gasteiger partial charge in [0.25, 0.3) is 0 Å². The van der Waals surface area contributed by atoms with Crippen LogP contribution in [-0.2, 0) is 0 Å². The monoisotopic (exact) mass is 188 g/mol. The van der Waals surface area contributed by atoms with Crippen molar-refractivity contribution in [2.24, 2.45) is 0 Å². The van der Waals surface area contributed by atoms with Gasteiger partial charge in [-0.05, 0) is 23.1 Å². The van der Waals surface area contributed by atoms with E-state index < -0.39 is 6.10 Å². The Morgan fingerprint density at radius 1 is 1.50 bits per heavy atom. The second-order valence-electron chi connectivity index (χ2n) is 3.24. The summed E-state index contributed by atoms with van der Waals surface area (Å²) < 4.78 is 0. The van der Waals surface area contributed by atoms with Gasteiger partial charge < -0.3 is 5.11 Å². The Bertz CT molecular complexity index is 339. The summed E-state index contributed by atoms with van der Waals surface area (Å²) in [6.07, 6.45) is 2.01. The lowest BCUT2D eigenvalue weighted by Gasteiger charge is -2.13. The Hall–Kier alpha value is -1.34. The summed E-state index contributed by atoms with van der Waals surface area (Å²) in [4.78, 5) is 0. The molecular weight excluding hydrogens is 172 g/mol. The van der Waals surface area contributed by atoms with E-state index in [1.54, 1.807) is 6.08 Å². The van der Waals surface area contributed by atoms with Crippen molar-refractivity contribution in [3.8, 4) is 0 Å². The Balaban J connectivity index is 3.15. The number of aliphatic hydroxyl groups is 1. The largest absolute Gasteiger partial charge is 0.388 e. The third-order valence-electron chi connectivity index (χ3n) is 2.30. The van der Waals surface area contributed by atoms with E-state index >= 15 is 0 Å². The molecule has 0 heterocycles. The van der Waals surface area contributed by atoms with Crippen LogP contribution in [0.25, 0.3) is 5.57 Å². The molecule has 0 saturated carbocycles. The van der Waals surface area contributed by atoms with Crippen molar-refractivity contribution in [2.45, 2.75) is 19.4 Å². The number of allylic oxidation sites excluding steroid dienone is 2. The predicted molar refractivity (Wildman–Crippen MR) is 60.9 cm³/mol. The third kappa shape index (κ3) is 2.12. The van der Waals surface area contributed by atoms with Gasteiger partial charge in [0.05, 0.1) is 6.10 Å². The first-order valence-corrected chi connectivity index (χ1v) is 4.79. The number of hydrogen-bond donors (Lipinski definition) is 1. The van der Waals surface area contributed by atoms with Crippen molar-refractivity contribution in [3.05, 3.63) is 54.6 Å². The molecule has 74 valence electrons. The molecule has 0 amide bonds. The van der Waals surface area contributed by atoms with Crippen LogP contribution in [0, 0.1) is 0 Å². The van der Waals surface area contributed by atoms with Crippen LogP contribution >= 0.6 is 0 Å². The maximum Gasteiger partial charge on any atom is 0.0793 e. The summed E-state index contributed by atoms with van der Waals surface area (Å²) in [6, 6.07) is 7.75. The number of rotatable bonds is 4. The van der Waals surface area contributed by atoms with E-state index in [1.165, 1.54) is 0 Å². The van der Waals surface area contributed by atoms with Crippen LogP contribution < -0.4 is 0 Å². The summed E-state index contributed by atoms with van der Waals surface area (Å²) in [5, 5.41) is 9.78. The van der Waals surface area contributed by atoms with E-state index in [1.807, 2.05) is 31.2 Å². The fraction of sp³-hybridized carbons (Fsp3) is 0.231. The molecule has 0 radical (unpaired) electrons. The minimum Gasteiger partial charge on any atom is -0.388 e. The van der Waals surface area contributed by atoms with Gasteiger partial charge in [-0.1, -0.05) is 50.4 Å². The quantitative estimate of drug-likeness (QED) is 0.718. The average molecular weight is 188 g/mol. The maximum atomic E-state index is 9.78. The van der Waals surface area contributed by atoms with Crippen LogP contribution in [0.4, 0.5) is 0 Å². The highest BCUT2D eigenvalue weighted by atomic mass is 16.3. The first kappa shape index (κ1) is 10.7. The fourth-order valence-electron chi connectivity index (χ4n) is 1.41. The van der Waals surface area contributed by atoms with E-state index in [9.17, 15) is 5.11 Å². The summed E-state index contributed by atoms with van der Waals surface area (Å²) in [6.45, 7) is 9.53. The molecule has 1 aromatic carbocycles. The molecule has 0 aliphatic heterocycles. The van der Waals surface area contributed by atoms with Gasteiger partial charge >= 0.3 is 0 Å². The first-order chi connectivity index (χ1) is 6.70. The molecule has 1 unspecified atom stereocenters. The minimum atomic E-state index is -0.414. The van der Waals surface area contributed by atoms with Crippen molar-refractivity contribution >= 4 is 5.57 Å². The molecule has 1 atom stereocenters. The van der Waals surface area contributed by atoms with Gasteiger partial charge in [-0.2, -0.15) is 0 Å². The normalized spacial score (nSPS) is 12.1. The van der Waals surface area contributed by atoms with E-state index in [-0.39, 0.29) is 0 Å². The summed E-state index contributed by atoms with van der Waals surface area (Å²) in [7, 11) is 0. The van der Waals surface area contributed by atoms with Gasteiger partial charge in [0.1, 0.15) is 0 Å². The molecule has 1 rings (SSSR count). The topological polar surface area (TPSA) is 20.2 Å². The highest BCUT2D eigenvalue weighted by Crippen LogP contribution is 2.25. The van der Waals surface area contributed by atoms with Crippen molar-refractivity contribution in [2.75, 3.05) is 0 Å². The van der Waals surface area contributed by atoms with Gasteiger partial charge in [-0.25, -0.2) is 0 Å².